The van der Waals surface area contributed by atoms with Gasteiger partial charge in [-0.15, -0.1) is 0 Å². The molecule has 0 saturated heterocycles. The predicted octanol–water partition coefficient (Wildman–Crippen LogP) is 2.03. The number of anilines is 1. The summed E-state index contributed by atoms with van der Waals surface area (Å²) in [5.74, 6) is -1.14. The maximum Gasteiger partial charge on any atom is 0.338 e. The molecule has 0 aliphatic heterocycles. The van der Waals surface area contributed by atoms with Gasteiger partial charge < -0.3 is 10.1 Å². The average Bonchev–Trinajstić information content (AvgIpc) is 2.60. The molecule has 120 valence electrons. The van der Waals surface area contributed by atoms with Crippen molar-refractivity contribution in [1.82, 2.24) is 9.97 Å². The van der Waals surface area contributed by atoms with E-state index in [0.717, 1.165) is 0 Å². The van der Waals surface area contributed by atoms with E-state index in [1.165, 1.54) is 18.6 Å². The van der Waals surface area contributed by atoms with E-state index in [2.05, 4.69) is 15.3 Å². The molecular formula is C17H13N3O4. The number of hydrogen-bond acceptors (Lipinski definition) is 7. The number of carbonyl (C=O) groups is 3. The molecular weight excluding hydrogens is 310 g/mol. The lowest BCUT2D eigenvalue weighted by molar-refractivity contribution is 0.0526. The topological polar surface area (TPSA) is 98.2 Å². The third kappa shape index (κ3) is 2.91. The number of aromatic nitrogens is 2. The number of esters is 1. The Morgan fingerprint density at radius 1 is 1.21 bits per heavy atom. The van der Waals surface area contributed by atoms with Gasteiger partial charge in [-0.2, -0.15) is 0 Å². The Hall–Kier alpha value is -3.35. The van der Waals surface area contributed by atoms with Gasteiger partial charge in [0, 0.05) is 18.0 Å². The number of hydrogen-bond donors (Lipinski definition) is 1. The molecule has 1 heterocycles. The van der Waals surface area contributed by atoms with E-state index in [-0.39, 0.29) is 28.5 Å². The molecule has 0 fully saturated rings. The van der Waals surface area contributed by atoms with E-state index in [1.54, 1.807) is 31.2 Å². The molecule has 0 radical (unpaired) electrons. The molecule has 7 heteroatoms. The first-order valence-corrected chi connectivity index (χ1v) is 7.25. The summed E-state index contributed by atoms with van der Waals surface area (Å²) in [4.78, 5) is 43.6. The number of fused-ring (bicyclic) bond motifs is 1. The number of ether oxygens (including phenoxy) is 1. The van der Waals surface area contributed by atoms with Crippen LogP contribution in [0.4, 0.5) is 5.69 Å². The van der Waals surface area contributed by atoms with Crippen LogP contribution in [0.25, 0.3) is 0 Å². The summed E-state index contributed by atoms with van der Waals surface area (Å²) in [6.45, 7) is 2.03. The van der Waals surface area contributed by atoms with Gasteiger partial charge in [-0.1, -0.05) is 0 Å². The van der Waals surface area contributed by atoms with Crippen molar-refractivity contribution in [3.8, 4) is 0 Å². The van der Waals surface area contributed by atoms with Crippen LogP contribution in [0.1, 0.15) is 38.1 Å². The first-order valence-electron chi connectivity index (χ1n) is 7.25. The zero-order chi connectivity index (χ0) is 17.1. The SMILES string of the molecule is CCOC(=O)c1ccc(NC2=CC(=O)c3ncncc3C2=O)cc1. The fourth-order valence-corrected chi connectivity index (χ4v) is 2.25. The van der Waals surface area contributed by atoms with Crippen LogP contribution in [0.5, 0.6) is 0 Å². The van der Waals surface area contributed by atoms with Gasteiger partial charge in [0.2, 0.25) is 11.6 Å². The summed E-state index contributed by atoms with van der Waals surface area (Å²) in [5, 5.41) is 2.88. The van der Waals surface area contributed by atoms with Crippen LogP contribution in [0.15, 0.2) is 48.6 Å². The largest absolute Gasteiger partial charge is 0.462 e. The zero-order valence-electron chi connectivity index (χ0n) is 12.8. The van der Waals surface area contributed by atoms with Gasteiger partial charge in [0.05, 0.1) is 23.4 Å². The third-order valence-corrected chi connectivity index (χ3v) is 3.39. The van der Waals surface area contributed by atoms with E-state index < -0.39 is 5.97 Å². The molecule has 1 N–H and O–H groups in total. The Balaban J connectivity index is 1.81. The van der Waals surface area contributed by atoms with Crippen molar-refractivity contribution in [3.63, 3.8) is 0 Å². The molecule has 3 rings (SSSR count). The van der Waals surface area contributed by atoms with E-state index in [4.69, 9.17) is 4.74 Å². The maximum atomic E-state index is 12.4. The highest BCUT2D eigenvalue weighted by atomic mass is 16.5. The zero-order valence-corrected chi connectivity index (χ0v) is 12.8. The number of nitrogens with one attached hydrogen (secondary N) is 1. The molecule has 2 aromatic rings. The van der Waals surface area contributed by atoms with Gasteiger partial charge in [0.1, 0.15) is 12.0 Å². The highest BCUT2D eigenvalue weighted by molar-refractivity contribution is 6.24. The number of carbonyl (C=O) groups excluding carboxylic acids is 3. The minimum Gasteiger partial charge on any atom is -0.462 e. The number of allylic oxidation sites excluding steroid dienone is 2. The Kier molecular flexibility index (Phi) is 4.15. The Bertz CT molecular complexity index is 856. The lowest BCUT2D eigenvalue weighted by Crippen LogP contribution is -2.22. The summed E-state index contributed by atoms with van der Waals surface area (Å²) >= 11 is 0. The van der Waals surface area contributed by atoms with Crippen molar-refractivity contribution in [3.05, 3.63) is 65.4 Å². The van der Waals surface area contributed by atoms with Crippen molar-refractivity contribution < 1.29 is 19.1 Å². The molecule has 0 unspecified atom stereocenters. The molecule has 0 atom stereocenters. The molecule has 1 aromatic heterocycles. The molecule has 0 bridgehead atoms. The van der Waals surface area contributed by atoms with Crippen LogP contribution in [-0.2, 0) is 4.74 Å². The van der Waals surface area contributed by atoms with Crippen molar-refractivity contribution in [1.29, 1.82) is 0 Å². The van der Waals surface area contributed by atoms with Gasteiger partial charge in [0.15, 0.2) is 0 Å². The monoisotopic (exact) mass is 323 g/mol. The Labute approximate surface area is 137 Å². The van der Waals surface area contributed by atoms with Gasteiger partial charge in [-0.3, -0.25) is 9.59 Å². The second kappa shape index (κ2) is 6.41. The smallest absolute Gasteiger partial charge is 0.338 e. The number of Topliss-reactive ketones (excluding diaryl/α,β-unsaturated/α-hetero) is 1. The number of ketones is 2. The molecule has 7 nitrogen and oxygen atoms in total. The van der Waals surface area contributed by atoms with Crippen molar-refractivity contribution in [2.24, 2.45) is 0 Å². The first kappa shape index (κ1) is 15.5. The Morgan fingerprint density at radius 2 is 1.96 bits per heavy atom. The van der Waals surface area contributed by atoms with E-state index in [1.807, 2.05) is 0 Å². The fraction of sp³-hybridized carbons (Fsp3) is 0.118. The minimum absolute atomic E-state index is 0.0956. The predicted molar refractivity (Wildman–Crippen MR) is 84.8 cm³/mol. The van der Waals surface area contributed by atoms with Crippen molar-refractivity contribution in [2.75, 3.05) is 11.9 Å². The van der Waals surface area contributed by atoms with Gasteiger partial charge in [-0.05, 0) is 31.2 Å². The molecule has 24 heavy (non-hydrogen) atoms. The summed E-state index contributed by atoms with van der Waals surface area (Å²) in [5.41, 5.74) is 1.36. The standard InChI is InChI=1S/C17H13N3O4/c1-2-24-17(23)10-3-5-11(6-4-10)20-13-7-14(21)15-12(16(13)22)8-18-9-19-15/h3-9,20H,2H2,1H3. The molecule has 1 aromatic carbocycles. The molecule has 0 amide bonds. The maximum absolute atomic E-state index is 12.4. The summed E-state index contributed by atoms with van der Waals surface area (Å²) in [6, 6.07) is 6.41. The van der Waals surface area contributed by atoms with Gasteiger partial charge in [0.25, 0.3) is 0 Å². The van der Waals surface area contributed by atoms with Crippen LogP contribution in [0.3, 0.4) is 0 Å². The second-order valence-corrected chi connectivity index (χ2v) is 4.96. The van der Waals surface area contributed by atoms with E-state index in [9.17, 15) is 14.4 Å². The van der Waals surface area contributed by atoms with E-state index >= 15 is 0 Å². The summed E-state index contributed by atoms with van der Waals surface area (Å²) in [6.07, 6.45) is 3.75. The lowest BCUT2D eigenvalue weighted by atomic mass is 9.98. The van der Waals surface area contributed by atoms with Crippen LogP contribution < -0.4 is 5.32 Å². The number of rotatable bonds is 4. The van der Waals surface area contributed by atoms with E-state index in [0.29, 0.717) is 17.9 Å². The van der Waals surface area contributed by atoms with Crippen molar-refractivity contribution in [2.45, 2.75) is 6.92 Å². The van der Waals surface area contributed by atoms with Crippen LogP contribution >= 0.6 is 0 Å². The fourth-order valence-electron chi connectivity index (χ4n) is 2.25. The highest BCUT2D eigenvalue weighted by Crippen LogP contribution is 2.21. The van der Waals surface area contributed by atoms with Gasteiger partial charge >= 0.3 is 5.97 Å². The van der Waals surface area contributed by atoms with Crippen LogP contribution in [0.2, 0.25) is 0 Å². The first-order chi connectivity index (χ1) is 11.6. The lowest BCUT2D eigenvalue weighted by Gasteiger charge is -2.15. The summed E-state index contributed by atoms with van der Waals surface area (Å²) in [7, 11) is 0. The molecule has 1 aliphatic rings. The minimum atomic E-state index is -0.418. The van der Waals surface area contributed by atoms with Crippen LogP contribution in [-0.4, -0.2) is 34.1 Å². The average molecular weight is 323 g/mol. The van der Waals surface area contributed by atoms with Gasteiger partial charge in [-0.25, -0.2) is 14.8 Å². The quantitative estimate of drug-likeness (QED) is 0.859. The van der Waals surface area contributed by atoms with Crippen molar-refractivity contribution >= 4 is 23.2 Å². The van der Waals surface area contributed by atoms with Crippen LogP contribution in [0, 0.1) is 0 Å². The second-order valence-electron chi connectivity index (χ2n) is 4.96. The highest BCUT2D eigenvalue weighted by Gasteiger charge is 2.27. The number of nitrogens with zero attached hydrogens (tertiary/aromatic N) is 2. The summed E-state index contributed by atoms with van der Waals surface area (Å²) < 4.78 is 4.90. The normalized spacial score (nSPS) is 13.1. The molecule has 0 saturated carbocycles. The molecule has 0 spiro atoms. The Morgan fingerprint density at radius 3 is 2.67 bits per heavy atom. The number of benzene rings is 1. The molecule has 1 aliphatic carbocycles. The third-order valence-electron chi connectivity index (χ3n) is 3.39.